The lowest BCUT2D eigenvalue weighted by Crippen LogP contribution is -2.31. The monoisotopic (exact) mass is 266 g/mol. The van der Waals surface area contributed by atoms with Crippen molar-refractivity contribution in [2.45, 2.75) is 19.4 Å². The second-order valence-electron chi connectivity index (χ2n) is 4.58. The normalized spacial score (nSPS) is 12.7. The van der Waals surface area contributed by atoms with Gasteiger partial charge in [0.25, 0.3) is 0 Å². The molecule has 0 spiro atoms. The predicted octanol–water partition coefficient (Wildman–Crippen LogP) is 2.05. The van der Waals surface area contributed by atoms with E-state index in [2.05, 4.69) is 24.1 Å². The first-order chi connectivity index (χ1) is 9.22. The van der Waals surface area contributed by atoms with Gasteiger partial charge in [0, 0.05) is 32.8 Å². The molecule has 0 aliphatic carbocycles. The Bertz CT molecular complexity index is 341. The maximum atomic E-state index is 5.90. The van der Waals surface area contributed by atoms with Crippen molar-refractivity contribution in [3.63, 3.8) is 0 Å². The summed E-state index contributed by atoms with van der Waals surface area (Å²) in [5.41, 5.74) is 7.13. The Morgan fingerprint density at radius 2 is 1.95 bits per heavy atom. The summed E-state index contributed by atoms with van der Waals surface area (Å²) in [6.07, 6.45) is 1.01. The highest BCUT2D eigenvalue weighted by Gasteiger charge is 2.14. The quantitative estimate of drug-likeness (QED) is 0.695. The highest BCUT2D eigenvalue weighted by molar-refractivity contribution is 5.29. The topological polar surface area (TPSA) is 47.7 Å². The summed E-state index contributed by atoms with van der Waals surface area (Å²) in [6, 6.07) is 8.44. The molecule has 108 valence electrons. The maximum Gasteiger partial charge on any atom is 0.119 e. The van der Waals surface area contributed by atoms with Gasteiger partial charge in [0.1, 0.15) is 5.75 Å². The van der Waals surface area contributed by atoms with Gasteiger partial charge in [-0.25, -0.2) is 0 Å². The minimum Gasteiger partial charge on any atom is -0.494 e. The van der Waals surface area contributed by atoms with Gasteiger partial charge in [-0.3, -0.25) is 4.90 Å². The molecule has 4 heteroatoms. The fraction of sp³-hybridized carbons (Fsp3) is 0.600. The summed E-state index contributed by atoms with van der Waals surface area (Å²) >= 11 is 0. The maximum absolute atomic E-state index is 5.90. The first kappa shape index (κ1) is 16.0. The number of methoxy groups -OCH3 is 1. The van der Waals surface area contributed by atoms with Crippen LogP contribution in [-0.4, -0.2) is 45.4 Å². The van der Waals surface area contributed by atoms with E-state index in [0.29, 0.717) is 13.2 Å². The van der Waals surface area contributed by atoms with E-state index in [1.807, 2.05) is 19.1 Å². The van der Waals surface area contributed by atoms with Crippen molar-refractivity contribution in [1.82, 2.24) is 4.90 Å². The van der Waals surface area contributed by atoms with Crippen molar-refractivity contribution in [2.75, 3.05) is 40.5 Å². The van der Waals surface area contributed by atoms with Gasteiger partial charge in [-0.15, -0.1) is 0 Å². The SMILES string of the molecule is CCOc1ccc(C(CN)N(C)CCCOC)cc1. The number of rotatable bonds is 9. The molecular formula is C15H26N2O2. The molecule has 1 unspecified atom stereocenters. The first-order valence-corrected chi connectivity index (χ1v) is 6.85. The molecule has 0 bridgehead atoms. The van der Waals surface area contributed by atoms with Crippen molar-refractivity contribution in [1.29, 1.82) is 0 Å². The zero-order chi connectivity index (χ0) is 14.1. The molecule has 1 aromatic carbocycles. The van der Waals surface area contributed by atoms with Crippen LogP contribution in [0.1, 0.15) is 24.9 Å². The van der Waals surface area contributed by atoms with E-state index in [-0.39, 0.29) is 6.04 Å². The second kappa shape index (κ2) is 8.91. The van der Waals surface area contributed by atoms with E-state index in [0.717, 1.165) is 25.3 Å². The third-order valence-corrected chi connectivity index (χ3v) is 3.19. The van der Waals surface area contributed by atoms with Gasteiger partial charge >= 0.3 is 0 Å². The van der Waals surface area contributed by atoms with Crippen LogP contribution in [0.2, 0.25) is 0 Å². The predicted molar refractivity (Wildman–Crippen MR) is 78.5 cm³/mol. The van der Waals surface area contributed by atoms with Gasteiger partial charge in [-0.05, 0) is 38.1 Å². The van der Waals surface area contributed by atoms with Crippen molar-refractivity contribution >= 4 is 0 Å². The average Bonchev–Trinajstić information content (AvgIpc) is 2.42. The Morgan fingerprint density at radius 1 is 1.26 bits per heavy atom. The lowest BCUT2D eigenvalue weighted by molar-refractivity contribution is 0.166. The van der Waals surface area contributed by atoms with Gasteiger partial charge in [0.05, 0.1) is 6.61 Å². The van der Waals surface area contributed by atoms with Gasteiger partial charge in [0.15, 0.2) is 0 Å². The molecule has 1 aromatic rings. The summed E-state index contributed by atoms with van der Waals surface area (Å²) in [7, 11) is 3.83. The molecule has 4 nitrogen and oxygen atoms in total. The van der Waals surface area contributed by atoms with Crippen LogP contribution in [0.3, 0.4) is 0 Å². The summed E-state index contributed by atoms with van der Waals surface area (Å²) in [5.74, 6) is 0.907. The number of nitrogens with two attached hydrogens (primary N) is 1. The summed E-state index contributed by atoms with van der Waals surface area (Å²) in [4.78, 5) is 2.27. The van der Waals surface area contributed by atoms with E-state index >= 15 is 0 Å². The van der Waals surface area contributed by atoms with Crippen molar-refractivity contribution < 1.29 is 9.47 Å². The Hall–Kier alpha value is -1.10. The Labute approximate surface area is 116 Å². The zero-order valence-corrected chi connectivity index (χ0v) is 12.3. The Kier molecular flexibility index (Phi) is 7.48. The Balaban J connectivity index is 2.62. The van der Waals surface area contributed by atoms with Gasteiger partial charge in [-0.2, -0.15) is 0 Å². The van der Waals surface area contributed by atoms with Gasteiger partial charge in [0.2, 0.25) is 0 Å². The van der Waals surface area contributed by atoms with E-state index in [4.69, 9.17) is 15.2 Å². The minimum atomic E-state index is 0.243. The van der Waals surface area contributed by atoms with Crippen molar-refractivity contribution in [3.05, 3.63) is 29.8 Å². The molecule has 1 rings (SSSR count). The summed E-state index contributed by atoms with van der Waals surface area (Å²) in [5, 5.41) is 0. The van der Waals surface area contributed by atoms with Crippen LogP contribution in [0.5, 0.6) is 5.75 Å². The first-order valence-electron chi connectivity index (χ1n) is 6.85. The van der Waals surface area contributed by atoms with Gasteiger partial charge < -0.3 is 15.2 Å². The fourth-order valence-electron chi connectivity index (χ4n) is 2.14. The number of ether oxygens (including phenoxy) is 2. The van der Waals surface area contributed by atoms with Crippen molar-refractivity contribution in [3.8, 4) is 5.75 Å². The zero-order valence-electron chi connectivity index (χ0n) is 12.3. The van der Waals surface area contributed by atoms with Crippen LogP contribution in [0.4, 0.5) is 0 Å². The van der Waals surface area contributed by atoms with Crippen LogP contribution in [0, 0.1) is 0 Å². The van der Waals surface area contributed by atoms with Gasteiger partial charge in [-0.1, -0.05) is 12.1 Å². The number of nitrogens with zero attached hydrogens (tertiary/aromatic N) is 1. The fourth-order valence-corrected chi connectivity index (χ4v) is 2.14. The van der Waals surface area contributed by atoms with Crippen molar-refractivity contribution in [2.24, 2.45) is 5.73 Å². The summed E-state index contributed by atoms with van der Waals surface area (Å²) < 4.78 is 10.5. The summed E-state index contributed by atoms with van der Waals surface area (Å²) in [6.45, 7) is 5.04. The lowest BCUT2D eigenvalue weighted by Gasteiger charge is -2.27. The highest BCUT2D eigenvalue weighted by Crippen LogP contribution is 2.21. The molecule has 2 N–H and O–H groups in total. The number of hydrogen-bond donors (Lipinski definition) is 1. The largest absolute Gasteiger partial charge is 0.494 e. The molecule has 0 aliphatic rings. The molecule has 0 aromatic heterocycles. The molecule has 0 saturated carbocycles. The molecule has 19 heavy (non-hydrogen) atoms. The molecule has 0 saturated heterocycles. The van der Waals surface area contributed by atoms with Crippen LogP contribution in [-0.2, 0) is 4.74 Å². The van der Waals surface area contributed by atoms with Crippen LogP contribution in [0.25, 0.3) is 0 Å². The lowest BCUT2D eigenvalue weighted by atomic mass is 10.1. The van der Waals surface area contributed by atoms with E-state index in [1.54, 1.807) is 7.11 Å². The third kappa shape index (κ3) is 5.19. The molecule has 1 atom stereocenters. The van der Waals surface area contributed by atoms with Crippen LogP contribution < -0.4 is 10.5 Å². The molecule has 0 aliphatic heterocycles. The molecular weight excluding hydrogens is 240 g/mol. The standard InChI is InChI=1S/C15H26N2O2/c1-4-19-14-8-6-13(7-9-14)15(12-16)17(2)10-5-11-18-3/h6-9,15H,4-5,10-12,16H2,1-3H3. The number of hydrogen-bond acceptors (Lipinski definition) is 4. The molecule has 0 fully saturated rings. The van der Waals surface area contributed by atoms with E-state index in [1.165, 1.54) is 5.56 Å². The third-order valence-electron chi connectivity index (χ3n) is 3.19. The molecule has 0 radical (unpaired) electrons. The highest BCUT2D eigenvalue weighted by atomic mass is 16.5. The smallest absolute Gasteiger partial charge is 0.119 e. The number of benzene rings is 1. The molecule has 0 heterocycles. The van der Waals surface area contributed by atoms with E-state index in [9.17, 15) is 0 Å². The van der Waals surface area contributed by atoms with E-state index < -0.39 is 0 Å². The second-order valence-corrected chi connectivity index (χ2v) is 4.58. The van der Waals surface area contributed by atoms with Crippen LogP contribution >= 0.6 is 0 Å². The average molecular weight is 266 g/mol. The minimum absolute atomic E-state index is 0.243. The van der Waals surface area contributed by atoms with Crippen LogP contribution in [0.15, 0.2) is 24.3 Å². The Morgan fingerprint density at radius 3 is 2.47 bits per heavy atom. The molecule has 0 amide bonds. The number of likely N-dealkylation sites (N-methyl/N-ethyl adjacent to an activating group) is 1.